The van der Waals surface area contributed by atoms with Crippen LogP contribution in [0.3, 0.4) is 0 Å². The lowest BCUT2D eigenvalue weighted by Gasteiger charge is -2.07. The van der Waals surface area contributed by atoms with E-state index in [9.17, 15) is 14.4 Å². The lowest BCUT2D eigenvalue weighted by molar-refractivity contribution is -0.148. The Morgan fingerprint density at radius 3 is 2.54 bits per heavy atom. The Bertz CT molecular complexity index is 725. The monoisotopic (exact) mass is 375 g/mol. The molecule has 1 heterocycles. The number of hydrogen-bond donors (Lipinski definition) is 1. The summed E-state index contributed by atoms with van der Waals surface area (Å²) >= 11 is 1.55. The van der Waals surface area contributed by atoms with Crippen molar-refractivity contribution in [1.29, 1.82) is 0 Å². The highest BCUT2D eigenvalue weighted by Gasteiger charge is 2.08. The molecule has 0 aliphatic rings. The highest BCUT2D eigenvalue weighted by atomic mass is 32.1. The number of ketones is 1. The second kappa shape index (κ2) is 10.4. The molecule has 0 aliphatic carbocycles. The molecule has 2 aromatic rings. The van der Waals surface area contributed by atoms with Crippen LogP contribution in [-0.4, -0.2) is 30.9 Å². The van der Waals surface area contributed by atoms with Crippen LogP contribution in [0, 0.1) is 0 Å². The van der Waals surface area contributed by atoms with Gasteiger partial charge in [-0.2, -0.15) is 0 Å². The van der Waals surface area contributed by atoms with Gasteiger partial charge in [0, 0.05) is 16.9 Å². The Kier molecular flexibility index (Phi) is 7.82. The molecule has 1 aromatic heterocycles. The third kappa shape index (κ3) is 7.06. The summed E-state index contributed by atoms with van der Waals surface area (Å²) < 4.78 is 10.4. The summed E-state index contributed by atoms with van der Waals surface area (Å²) in [6.07, 6.45) is 0.647. The molecule has 1 N–H and O–H groups in total. The number of benzene rings is 1. The predicted molar refractivity (Wildman–Crippen MR) is 98.3 cm³/mol. The number of rotatable bonds is 10. The number of esters is 1. The fraction of sp³-hybridized carbons (Fsp3) is 0.316. The zero-order valence-electron chi connectivity index (χ0n) is 14.5. The summed E-state index contributed by atoms with van der Waals surface area (Å²) in [5, 5.41) is 4.62. The van der Waals surface area contributed by atoms with E-state index in [0.717, 1.165) is 4.88 Å². The van der Waals surface area contributed by atoms with Crippen LogP contribution >= 0.6 is 11.3 Å². The molecule has 7 heteroatoms. The number of ether oxygens (including phenoxy) is 2. The van der Waals surface area contributed by atoms with Crippen molar-refractivity contribution in [3.05, 3.63) is 52.2 Å². The van der Waals surface area contributed by atoms with Gasteiger partial charge in [-0.05, 0) is 49.1 Å². The molecule has 0 fully saturated rings. The number of thiophene rings is 1. The molecule has 6 nitrogen and oxygen atoms in total. The van der Waals surface area contributed by atoms with Crippen LogP contribution in [0.5, 0.6) is 5.75 Å². The third-order valence-electron chi connectivity index (χ3n) is 3.46. The molecule has 26 heavy (non-hydrogen) atoms. The van der Waals surface area contributed by atoms with Crippen molar-refractivity contribution in [1.82, 2.24) is 5.32 Å². The highest BCUT2D eigenvalue weighted by molar-refractivity contribution is 7.09. The van der Waals surface area contributed by atoms with Gasteiger partial charge in [-0.15, -0.1) is 11.3 Å². The molecule has 0 saturated carbocycles. The normalized spacial score (nSPS) is 10.2. The molecule has 0 aliphatic heterocycles. The molecule has 2 rings (SSSR count). The summed E-state index contributed by atoms with van der Waals surface area (Å²) in [6.45, 7) is 2.00. The fourth-order valence-electron chi connectivity index (χ4n) is 2.06. The van der Waals surface area contributed by atoms with Crippen molar-refractivity contribution < 1.29 is 23.9 Å². The smallest absolute Gasteiger partial charge is 0.306 e. The summed E-state index contributed by atoms with van der Waals surface area (Å²) in [4.78, 5) is 35.4. The van der Waals surface area contributed by atoms with Crippen molar-refractivity contribution >= 4 is 29.0 Å². The van der Waals surface area contributed by atoms with Crippen LogP contribution in [0.2, 0.25) is 0 Å². The van der Waals surface area contributed by atoms with Gasteiger partial charge in [-0.1, -0.05) is 6.07 Å². The van der Waals surface area contributed by atoms with Crippen molar-refractivity contribution in [3.8, 4) is 5.75 Å². The van der Waals surface area contributed by atoms with Crippen LogP contribution in [0.4, 0.5) is 0 Å². The largest absolute Gasteiger partial charge is 0.494 e. The van der Waals surface area contributed by atoms with E-state index >= 15 is 0 Å². The highest BCUT2D eigenvalue weighted by Crippen LogP contribution is 2.13. The van der Waals surface area contributed by atoms with Crippen molar-refractivity contribution in [2.24, 2.45) is 0 Å². The molecule has 138 valence electrons. The van der Waals surface area contributed by atoms with E-state index in [1.165, 1.54) is 6.92 Å². The van der Waals surface area contributed by atoms with Gasteiger partial charge in [0.2, 0.25) is 0 Å². The van der Waals surface area contributed by atoms with Crippen LogP contribution < -0.4 is 10.1 Å². The minimum atomic E-state index is -0.438. The maximum Gasteiger partial charge on any atom is 0.306 e. The van der Waals surface area contributed by atoms with E-state index in [0.29, 0.717) is 30.9 Å². The van der Waals surface area contributed by atoms with Gasteiger partial charge in [0.15, 0.2) is 12.4 Å². The van der Waals surface area contributed by atoms with E-state index in [2.05, 4.69) is 5.32 Å². The number of carbonyl (C=O) groups excluding carboxylic acids is 3. The Morgan fingerprint density at radius 1 is 1.12 bits per heavy atom. The van der Waals surface area contributed by atoms with E-state index in [-0.39, 0.29) is 24.7 Å². The number of Topliss-reactive ketones (excluding diaryl/α,β-unsaturated/α-hetero) is 1. The van der Waals surface area contributed by atoms with Crippen LogP contribution in [0.15, 0.2) is 41.8 Å². The maximum atomic E-state index is 11.6. The minimum absolute atomic E-state index is 0.00118. The second-order valence-corrected chi connectivity index (χ2v) is 6.58. The Hall–Kier alpha value is -2.67. The predicted octanol–water partition coefficient (Wildman–Crippen LogP) is 2.97. The van der Waals surface area contributed by atoms with E-state index in [4.69, 9.17) is 9.47 Å². The number of carbonyl (C=O) groups is 3. The molecular weight excluding hydrogens is 354 g/mol. The quantitative estimate of drug-likeness (QED) is 0.392. The molecule has 0 bridgehead atoms. The molecule has 0 spiro atoms. The van der Waals surface area contributed by atoms with Crippen molar-refractivity contribution in [2.75, 3.05) is 13.2 Å². The lowest BCUT2D eigenvalue weighted by atomic mass is 10.1. The molecule has 1 aromatic carbocycles. The first-order valence-electron chi connectivity index (χ1n) is 8.23. The lowest BCUT2D eigenvalue weighted by Crippen LogP contribution is -2.28. The van der Waals surface area contributed by atoms with Crippen molar-refractivity contribution in [2.45, 2.75) is 26.3 Å². The summed E-state index contributed by atoms with van der Waals surface area (Å²) in [5.74, 6) is -0.129. The van der Waals surface area contributed by atoms with Crippen molar-refractivity contribution in [3.63, 3.8) is 0 Å². The van der Waals surface area contributed by atoms with Gasteiger partial charge < -0.3 is 14.8 Å². The summed E-state index contributed by atoms with van der Waals surface area (Å²) in [7, 11) is 0. The van der Waals surface area contributed by atoms with Crippen LogP contribution in [-0.2, 0) is 20.9 Å². The summed E-state index contributed by atoms with van der Waals surface area (Å²) in [5.41, 5.74) is 0.623. The molecule has 0 saturated heterocycles. The zero-order valence-corrected chi connectivity index (χ0v) is 15.3. The topological polar surface area (TPSA) is 81.7 Å². The fourth-order valence-corrected chi connectivity index (χ4v) is 2.71. The standard InChI is InChI=1S/C19H21NO5S/c1-14(21)15-6-8-16(9-7-15)24-10-2-5-19(23)25-13-18(22)20-12-17-4-3-11-26-17/h3-4,6-9,11H,2,5,10,12-13H2,1H3,(H,20,22). The van der Waals surface area contributed by atoms with E-state index < -0.39 is 5.97 Å². The minimum Gasteiger partial charge on any atom is -0.494 e. The average Bonchev–Trinajstić information content (AvgIpc) is 3.16. The molecule has 0 radical (unpaired) electrons. The molecule has 0 atom stereocenters. The molecular formula is C19H21NO5S. The number of nitrogens with one attached hydrogen (secondary N) is 1. The second-order valence-electron chi connectivity index (χ2n) is 5.55. The zero-order chi connectivity index (χ0) is 18.8. The first-order chi connectivity index (χ1) is 12.5. The third-order valence-corrected chi connectivity index (χ3v) is 4.34. The Morgan fingerprint density at radius 2 is 1.88 bits per heavy atom. The average molecular weight is 375 g/mol. The van der Waals surface area contributed by atoms with Gasteiger partial charge >= 0.3 is 5.97 Å². The van der Waals surface area contributed by atoms with Crippen LogP contribution in [0.1, 0.15) is 35.0 Å². The van der Waals surface area contributed by atoms with Gasteiger partial charge in [0.05, 0.1) is 13.2 Å². The first-order valence-corrected chi connectivity index (χ1v) is 9.11. The van der Waals surface area contributed by atoms with E-state index in [1.54, 1.807) is 35.6 Å². The van der Waals surface area contributed by atoms with E-state index in [1.807, 2.05) is 17.5 Å². The molecule has 0 unspecified atom stereocenters. The van der Waals surface area contributed by atoms with Gasteiger partial charge in [0.25, 0.3) is 5.91 Å². The Balaban J connectivity index is 1.55. The van der Waals surface area contributed by atoms with Gasteiger partial charge in [0.1, 0.15) is 5.75 Å². The van der Waals surface area contributed by atoms with Gasteiger partial charge in [-0.3, -0.25) is 14.4 Å². The molecule has 1 amide bonds. The van der Waals surface area contributed by atoms with Crippen LogP contribution in [0.25, 0.3) is 0 Å². The summed E-state index contributed by atoms with van der Waals surface area (Å²) in [6, 6.07) is 10.7. The Labute approximate surface area is 156 Å². The number of amides is 1. The maximum absolute atomic E-state index is 11.6. The number of hydrogen-bond acceptors (Lipinski definition) is 6. The SMILES string of the molecule is CC(=O)c1ccc(OCCCC(=O)OCC(=O)NCc2cccs2)cc1. The van der Waals surface area contributed by atoms with Gasteiger partial charge in [-0.25, -0.2) is 0 Å². The first kappa shape index (κ1) is 19.7.